The molecule has 0 saturated carbocycles. The van der Waals surface area contributed by atoms with Crippen LogP contribution in [0.5, 0.6) is 0 Å². The molecule has 0 spiro atoms. The number of nitrogens with zero attached hydrogens (tertiary/aromatic N) is 2. The molecule has 1 heterocycles. The smallest absolute Gasteiger partial charge is 0.103 e. The molecule has 1 aromatic carbocycles. The van der Waals surface area contributed by atoms with Gasteiger partial charge in [-0.1, -0.05) is 6.07 Å². The SMILES string of the molecule is CC1CN(c2cccc(Br)c2C#N)CC(C)O1. The topological polar surface area (TPSA) is 36.3 Å². The Kier molecular flexibility index (Phi) is 3.70. The first-order valence-electron chi connectivity index (χ1n) is 5.71. The molecule has 4 heteroatoms. The molecule has 0 N–H and O–H groups in total. The first kappa shape index (κ1) is 12.4. The van der Waals surface area contributed by atoms with Gasteiger partial charge in [0.1, 0.15) is 6.07 Å². The number of hydrogen-bond donors (Lipinski definition) is 0. The summed E-state index contributed by atoms with van der Waals surface area (Å²) in [7, 11) is 0. The second kappa shape index (κ2) is 5.07. The Morgan fingerprint density at radius 2 is 2.00 bits per heavy atom. The van der Waals surface area contributed by atoms with E-state index in [9.17, 15) is 5.26 Å². The van der Waals surface area contributed by atoms with Crippen LogP contribution < -0.4 is 4.90 Å². The number of anilines is 1. The van der Waals surface area contributed by atoms with Gasteiger partial charge in [-0.25, -0.2) is 0 Å². The Balaban J connectivity index is 2.34. The number of hydrogen-bond acceptors (Lipinski definition) is 3. The molecule has 1 saturated heterocycles. The molecule has 0 aliphatic carbocycles. The summed E-state index contributed by atoms with van der Waals surface area (Å²) >= 11 is 3.42. The summed E-state index contributed by atoms with van der Waals surface area (Å²) in [5, 5.41) is 9.22. The van der Waals surface area contributed by atoms with Crippen molar-refractivity contribution in [2.45, 2.75) is 26.1 Å². The zero-order valence-corrected chi connectivity index (χ0v) is 11.6. The third-order valence-corrected chi connectivity index (χ3v) is 3.52. The van der Waals surface area contributed by atoms with E-state index in [-0.39, 0.29) is 12.2 Å². The molecule has 0 radical (unpaired) electrons. The van der Waals surface area contributed by atoms with Crippen molar-refractivity contribution in [2.75, 3.05) is 18.0 Å². The Morgan fingerprint density at radius 3 is 2.59 bits per heavy atom. The van der Waals surface area contributed by atoms with Gasteiger partial charge in [0.2, 0.25) is 0 Å². The lowest BCUT2D eigenvalue weighted by molar-refractivity contribution is -0.00523. The minimum atomic E-state index is 0.198. The zero-order chi connectivity index (χ0) is 12.4. The van der Waals surface area contributed by atoms with Crippen LogP contribution in [0.15, 0.2) is 22.7 Å². The molecule has 0 bridgehead atoms. The number of rotatable bonds is 1. The average Bonchev–Trinajstić information content (AvgIpc) is 2.27. The highest BCUT2D eigenvalue weighted by Gasteiger charge is 2.24. The molecule has 0 amide bonds. The summed E-state index contributed by atoms with van der Waals surface area (Å²) in [5.41, 5.74) is 1.69. The third kappa shape index (κ3) is 2.62. The summed E-state index contributed by atoms with van der Waals surface area (Å²) < 4.78 is 6.56. The van der Waals surface area contributed by atoms with Gasteiger partial charge >= 0.3 is 0 Å². The highest BCUT2D eigenvalue weighted by Crippen LogP contribution is 2.29. The van der Waals surface area contributed by atoms with E-state index in [1.807, 2.05) is 18.2 Å². The van der Waals surface area contributed by atoms with Crippen molar-refractivity contribution in [3.8, 4) is 6.07 Å². The molecule has 1 aliphatic rings. The molecule has 1 aromatic rings. The lowest BCUT2D eigenvalue weighted by Gasteiger charge is -2.37. The van der Waals surface area contributed by atoms with Crippen molar-refractivity contribution in [2.24, 2.45) is 0 Å². The van der Waals surface area contributed by atoms with Crippen LogP contribution in [-0.2, 0) is 4.74 Å². The summed E-state index contributed by atoms with van der Waals surface area (Å²) in [6.07, 6.45) is 0.397. The van der Waals surface area contributed by atoms with E-state index in [1.165, 1.54) is 0 Å². The van der Waals surface area contributed by atoms with E-state index in [2.05, 4.69) is 40.7 Å². The standard InChI is InChI=1S/C13H15BrN2O/c1-9-7-16(8-10(2)17-9)13-5-3-4-12(14)11(13)6-15/h3-5,9-10H,7-8H2,1-2H3. The predicted octanol–water partition coefficient (Wildman–Crippen LogP) is 2.93. The summed E-state index contributed by atoms with van der Waals surface area (Å²) in [5.74, 6) is 0. The van der Waals surface area contributed by atoms with Crippen molar-refractivity contribution in [1.29, 1.82) is 5.26 Å². The maximum atomic E-state index is 9.22. The van der Waals surface area contributed by atoms with Crippen LogP contribution in [0.25, 0.3) is 0 Å². The van der Waals surface area contributed by atoms with E-state index in [0.29, 0.717) is 5.56 Å². The van der Waals surface area contributed by atoms with Gasteiger partial charge in [0.15, 0.2) is 0 Å². The summed E-state index contributed by atoms with van der Waals surface area (Å²) in [6, 6.07) is 8.12. The number of benzene rings is 1. The summed E-state index contributed by atoms with van der Waals surface area (Å²) in [6.45, 7) is 5.78. The highest BCUT2D eigenvalue weighted by atomic mass is 79.9. The minimum Gasteiger partial charge on any atom is -0.372 e. The van der Waals surface area contributed by atoms with Crippen molar-refractivity contribution in [3.63, 3.8) is 0 Å². The first-order chi connectivity index (χ1) is 8.11. The Hall–Kier alpha value is -1.05. The lowest BCUT2D eigenvalue weighted by atomic mass is 10.1. The van der Waals surface area contributed by atoms with Crippen LogP contribution in [0.2, 0.25) is 0 Å². The van der Waals surface area contributed by atoms with E-state index >= 15 is 0 Å². The van der Waals surface area contributed by atoms with E-state index in [0.717, 1.165) is 23.2 Å². The fourth-order valence-electron chi connectivity index (χ4n) is 2.26. The number of nitriles is 1. The quantitative estimate of drug-likeness (QED) is 0.799. The number of halogens is 1. The first-order valence-corrected chi connectivity index (χ1v) is 6.50. The molecule has 2 atom stereocenters. The minimum absolute atomic E-state index is 0.198. The number of morpholine rings is 1. The fourth-order valence-corrected chi connectivity index (χ4v) is 2.71. The van der Waals surface area contributed by atoms with Crippen LogP contribution >= 0.6 is 15.9 Å². The van der Waals surface area contributed by atoms with Gasteiger partial charge in [-0.2, -0.15) is 5.26 Å². The normalized spacial score (nSPS) is 24.5. The van der Waals surface area contributed by atoms with Gasteiger partial charge < -0.3 is 9.64 Å². The maximum Gasteiger partial charge on any atom is 0.103 e. The summed E-state index contributed by atoms with van der Waals surface area (Å²) in [4.78, 5) is 2.22. The largest absolute Gasteiger partial charge is 0.372 e. The Morgan fingerprint density at radius 1 is 1.35 bits per heavy atom. The zero-order valence-electron chi connectivity index (χ0n) is 9.98. The van der Waals surface area contributed by atoms with Crippen LogP contribution in [0.1, 0.15) is 19.4 Å². The molecule has 1 aliphatic heterocycles. The molecule has 2 rings (SSSR count). The molecule has 0 aromatic heterocycles. The predicted molar refractivity (Wildman–Crippen MR) is 71.1 cm³/mol. The highest BCUT2D eigenvalue weighted by molar-refractivity contribution is 9.10. The second-order valence-corrected chi connectivity index (χ2v) is 5.26. The van der Waals surface area contributed by atoms with Crippen LogP contribution in [0.3, 0.4) is 0 Å². The molecule has 1 fully saturated rings. The van der Waals surface area contributed by atoms with Gasteiger partial charge in [-0.15, -0.1) is 0 Å². The molecule has 2 unspecified atom stereocenters. The molecular formula is C13H15BrN2O. The van der Waals surface area contributed by atoms with E-state index < -0.39 is 0 Å². The van der Waals surface area contributed by atoms with Crippen molar-refractivity contribution in [1.82, 2.24) is 0 Å². The van der Waals surface area contributed by atoms with Crippen LogP contribution in [-0.4, -0.2) is 25.3 Å². The van der Waals surface area contributed by atoms with Gasteiger partial charge in [0.05, 0.1) is 23.5 Å². The van der Waals surface area contributed by atoms with Gasteiger partial charge in [-0.05, 0) is 41.9 Å². The van der Waals surface area contributed by atoms with Gasteiger partial charge in [0, 0.05) is 17.6 Å². The second-order valence-electron chi connectivity index (χ2n) is 4.41. The monoisotopic (exact) mass is 294 g/mol. The lowest BCUT2D eigenvalue weighted by Crippen LogP contribution is -2.45. The van der Waals surface area contributed by atoms with E-state index in [4.69, 9.17) is 4.74 Å². The maximum absolute atomic E-state index is 9.22. The van der Waals surface area contributed by atoms with Crippen molar-refractivity contribution < 1.29 is 4.74 Å². The average molecular weight is 295 g/mol. The number of ether oxygens (including phenoxy) is 1. The third-order valence-electron chi connectivity index (χ3n) is 2.86. The van der Waals surface area contributed by atoms with Crippen molar-refractivity contribution >= 4 is 21.6 Å². The molecule has 3 nitrogen and oxygen atoms in total. The fraction of sp³-hybridized carbons (Fsp3) is 0.462. The van der Waals surface area contributed by atoms with Gasteiger partial charge in [-0.3, -0.25) is 0 Å². The molecule has 17 heavy (non-hydrogen) atoms. The Labute approximate surface area is 110 Å². The molecule has 90 valence electrons. The van der Waals surface area contributed by atoms with Gasteiger partial charge in [0.25, 0.3) is 0 Å². The van der Waals surface area contributed by atoms with Crippen LogP contribution in [0, 0.1) is 11.3 Å². The molecular weight excluding hydrogens is 280 g/mol. The van der Waals surface area contributed by atoms with Crippen molar-refractivity contribution in [3.05, 3.63) is 28.2 Å². The Bertz CT molecular complexity index is 445. The van der Waals surface area contributed by atoms with Crippen LogP contribution in [0.4, 0.5) is 5.69 Å². The van der Waals surface area contributed by atoms with E-state index in [1.54, 1.807) is 0 Å².